The maximum absolute atomic E-state index is 11.2. The van der Waals surface area contributed by atoms with E-state index in [1.54, 1.807) is 18.3 Å². The van der Waals surface area contributed by atoms with Crippen molar-refractivity contribution < 1.29 is 4.79 Å². The Hall–Kier alpha value is -1.33. The van der Waals surface area contributed by atoms with E-state index in [-0.39, 0.29) is 11.9 Å². The zero-order chi connectivity index (χ0) is 14.1. The molecule has 1 fully saturated rings. The first-order valence-electron chi connectivity index (χ1n) is 6.70. The molecule has 6 heteroatoms. The number of benzene rings is 1. The number of halogens is 1. The first kappa shape index (κ1) is 13.6. The highest BCUT2D eigenvalue weighted by Gasteiger charge is 2.22. The topological polar surface area (TPSA) is 45.2 Å². The third kappa shape index (κ3) is 2.88. The van der Waals surface area contributed by atoms with Crippen LogP contribution in [0.3, 0.4) is 0 Å². The molecule has 2 aromatic rings. The second kappa shape index (κ2) is 5.58. The summed E-state index contributed by atoms with van der Waals surface area (Å²) >= 11 is 7.67. The number of rotatable bonds is 2. The number of carbonyl (C=O) groups is 1. The van der Waals surface area contributed by atoms with Gasteiger partial charge in [0.2, 0.25) is 5.91 Å². The molecule has 4 nitrogen and oxygen atoms in total. The number of anilines is 1. The number of nitrogens with one attached hydrogen (secondary N) is 1. The number of amides is 1. The minimum absolute atomic E-state index is 0.0351. The van der Waals surface area contributed by atoms with Crippen LogP contribution < -0.4 is 10.2 Å². The Labute approximate surface area is 126 Å². The highest BCUT2D eigenvalue weighted by Crippen LogP contribution is 2.32. The number of piperidine rings is 1. The highest BCUT2D eigenvalue weighted by molar-refractivity contribution is 7.22. The molecule has 0 radical (unpaired) electrons. The lowest BCUT2D eigenvalue weighted by Gasteiger charge is -2.32. The highest BCUT2D eigenvalue weighted by atomic mass is 35.5. The number of hydrogen-bond donors (Lipinski definition) is 1. The summed E-state index contributed by atoms with van der Waals surface area (Å²) in [6, 6.07) is 5.99. The standard InChI is InChI=1S/C14H16ClN3OS/c1-9(19)16-11-3-2-6-18(8-11)14-17-12-5-4-10(15)7-13(12)20-14/h4-5,7,11H,2-3,6,8H2,1H3,(H,16,19). The number of nitrogens with zero attached hydrogens (tertiary/aromatic N) is 2. The Morgan fingerprint density at radius 3 is 3.20 bits per heavy atom. The molecule has 106 valence electrons. The summed E-state index contributed by atoms with van der Waals surface area (Å²) in [6.45, 7) is 3.38. The molecule has 0 saturated carbocycles. The Morgan fingerprint density at radius 2 is 2.40 bits per heavy atom. The van der Waals surface area contributed by atoms with Crippen molar-refractivity contribution in [2.24, 2.45) is 0 Å². The van der Waals surface area contributed by atoms with Gasteiger partial charge < -0.3 is 10.2 Å². The number of thiazole rings is 1. The fourth-order valence-electron chi connectivity index (χ4n) is 2.58. The van der Waals surface area contributed by atoms with Crippen molar-refractivity contribution in [2.45, 2.75) is 25.8 Å². The summed E-state index contributed by atoms with van der Waals surface area (Å²) in [4.78, 5) is 18.1. The summed E-state index contributed by atoms with van der Waals surface area (Å²) in [5.41, 5.74) is 0.982. The Bertz CT molecular complexity index is 642. The van der Waals surface area contributed by atoms with Crippen molar-refractivity contribution in [3.05, 3.63) is 23.2 Å². The lowest BCUT2D eigenvalue weighted by molar-refractivity contribution is -0.119. The van der Waals surface area contributed by atoms with Crippen molar-refractivity contribution in [2.75, 3.05) is 18.0 Å². The molecular formula is C14H16ClN3OS. The fourth-order valence-corrected chi connectivity index (χ4v) is 3.85. The molecule has 1 aromatic carbocycles. The van der Waals surface area contributed by atoms with Gasteiger partial charge in [-0.25, -0.2) is 4.98 Å². The number of hydrogen-bond acceptors (Lipinski definition) is 4. The van der Waals surface area contributed by atoms with Gasteiger partial charge in [0.15, 0.2) is 5.13 Å². The van der Waals surface area contributed by atoms with E-state index in [1.807, 2.05) is 18.2 Å². The van der Waals surface area contributed by atoms with Crippen molar-refractivity contribution >= 4 is 44.2 Å². The molecule has 1 aliphatic rings. The monoisotopic (exact) mass is 309 g/mol. The lowest BCUT2D eigenvalue weighted by Crippen LogP contribution is -2.47. The SMILES string of the molecule is CC(=O)NC1CCCN(c2nc3ccc(Cl)cc3s2)C1. The minimum Gasteiger partial charge on any atom is -0.352 e. The summed E-state index contributed by atoms with van der Waals surface area (Å²) < 4.78 is 1.11. The Morgan fingerprint density at radius 1 is 1.55 bits per heavy atom. The smallest absolute Gasteiger partial charge is 0.217 e. The molecule has 1 aliphatic heterocycles. The summed E-state index contributed by atoms with van der Waals surface area (Å²) in [5, 5.41) is 4.75. The fraction of sp³-hybridized carbons (Fsp3) is 0.429. The summed E-state index contributed by atoms with van der Waals surface area (Å²) in [7, 11) is 0. The van der Waals surface area contributed by atoms with E-state index in [4.69, 9.17) is 11.6 Å². The molecule has 0 bridgehead atoms. The molecule has 2 heterocycles. The van der Waals surface area contributed by atoms with Gasteiger partial charge in [-0.15, -0.1) is 0 Å². The number of fused-ring (bicyclic) bond motifs is 1. The quantitative estimate of drug-likeness (QED) is 0.927. The average Bonchev–Trinajstić information content (AvgIpc) is 2.81. The predicted molar refractivity (Wildman–Crippen MR) is 83.7 cm³/mol. The number of aromatic nitrogens is 1. The van der Waals surface area contributed by atoms with Crippen molar-refractivity contribution in [3.8, 4) is 0 Å². The molecule has 1 N–H and O–H groups in total. The average molecular weight is 310 g/mol. The van der Waals surface area contributed by atoms with E-state index in [0.29, 0.717) is 0 Å². The van der Waals surface area contributed by atoms with Crippen LogP contribution in [-0.4, -0.2) is 30.0 Å². The normalized spacial score (nSPS) is 19.3. The van der Waals surface area contributed by atoms with Crippen LogP contribution in [-0.2, 0) is 4.79 Å². The van der Waals surface area contributed by atoms with Gasteiger partial charge in [-0.05, 0) is 31.0 Å². The molecule has 0 spiro atoms. The van der Waals surface area contributed by atoms with Gasteiger partial charge in [-0.2, -0.15) is 0 Å². The molecule has 1 unspecified atom stereocenters. The molecule has 0 aliphatic carbocycles. The van der Waals surface area contributed by atoms with Gasteiger partial charge in [-0.1, -0.05) is 22.9 Å². The van der Waals surface area contributed by atoms with E-state index in [9.17, 15) is 4.79 Å². The van der Waals surface area contributed by atoms with Crippen LogP contribution >= 0.6 is 22.9 Å². The second-order valence-corrected chi connectivity index (χ2v) is 6.54. The van der Waals surface area contributed by atoms with Gasteiger partial charge in [0.25, 0.3) is 0 Å². The van der Waals surface area contributed by atoms with Crippen LogP contribution in [0.4, 0.5) is 5.13 Å². The van der Waals surface area contributed by atoms with Crippen molar-refractivity contribution in [1.29, 1.82) is 0 Å². The summed E-state index contributed by atoms with van der Waals surface area (Å²) in [6.07, 6.45) is 2.11. The van der Waals surface area contributed by atoms with Gasteiger partial charge >= 0.3 is 0 Å². The molecule has 1 aromatic heterocycles. The molecule has 1 atom stereocenters. The third-order valence-corrected chi connectivity index (χ3v) is 4.75. The predicted octanol–water partition coefficient (Wildman–Crippen LogP) is 3.05. The molecule has 20 heavy (non-hydrogen) atoms. The van der Waals surface area contributed by atoms with Crippen LogP contribution in [0.2, 0.25) is 5.02 Å². The largest absolute Gasteiger partial charge is 0.352 e. The van der Waals surface area contributed by atoms with Gasteiger partial charge in [0, 0.05) is 31.1 Å². The van der Waals surface area contributed by atoms with Crippen molar-refractivity contribution in [1.82, 2.24) is 10.3 Å². The van der Waals surface area contributed by atoms with E-state index < -0.39 is 0 Å². The van der Waals surface area contributed by atoms with Gasteiger partial charge in [0.05, 0.1) is 10.2 Å². The third-order valence-electron chi connectivity index (χ3n) is 3.44. The van der Waals surface area contributed by atoms with Crippen LogP contribution in [0.25, 0.3) is 10.2 Å². The van der Waals surface area contributed by atoms with Crippen LogP contribution in [0.15, 0.2) is 18.2 Å². The van der Waals surface area contributed by atoms with Crippen LogP contribution in [0.5, 0.6) is 0 Å². The van der Waals surface area contributed by atoms with Crippen LogP contribution in [0.1, 0.15) is 19.8 Å². The van der Waals surface area contributed by atoms with E-state index in [1.165, 1.54) is 0 Å². The van der Waals surface area contributed by atoms with Crippen LogP contribution in [0, 0.1) is 0 Å². The molecule has 1 saturated heterocycles. The van der Waals surface area contributed by atoms with Gasteiger partial charge in [0.1, 0.15) is 0 Å². The Kier molecular flexibility index (Phi) is 3.81. The first-order chi connectivity index (χ1) is 9.61. The maximum atomic E-state index is 11.2. The molecule has 1 amide bonds. The first-order valence-corrected chi connectivity index (χ1v) is 7.89. The van der Waals surface area contributed by atoms with E-state index >= 15 is 0 Å². The minimum atomic E-state index is 0.0351. The van der Waals surface area contributed by atoms with E-state index in [2.05, 4.69) is 15.2 Å². The molecule has 3 rings (SSSR count). The van der Waals surface area contributed by atoms with Gasteiger partial charge in [-0.3, -0.25) is 4.79 Å². The zero-order valence-corrected chi connectivity index (χ0v) is 12.8. The maximum Gasteiger partial charge on any atom is 0.217 e. The number of carbonyl (C=O) groups excluding carboxylic acids is 1. The molecular weight excluding hydrogens is 294 g/mol. The Balaban J connectivity index is 1.81. The summed E-state index contributed by atoms with van der Waals surface area (Å²) in [5.74, 6) is 0.0351. The second-order valence-electron chi connectivity index (χ2n) is 5.09. The van der Waals surface area contributed by atoms with E-state index in [0.717, 1.165) is 46.3 Å². The lowest BCUT2D eigenvalue weighted by atomic mass is 10.1. The van der Waals surface area contributed by atoms with Crippen molar-refractivity contribution in [3.63, 3.8) is 0 Å². The zero-order valence-electron chi connectivity index (χ0n) is 11.2.